The first-order valence-corrected chi connectivity index (χ1v) is 6.34. The standard InChI is InChI=1S/C14H21NO/c1-11-8-12(10-15-9-11)6-7-14(16)13-4-2-3-5-13/h8-10,13-14,16H,2-7H2,1H3. The summed E-state index contributed by atoms with van der Waals surface area (Å²) in [5.41, 5.74) is 2.45. The number of rotatable bonds is 4. The summed E-state index contributed by atoms with van der Waals surface area (Å²) in [6.07, 6.45) is 10.5. The van der Waals surface area contributed by atoms with Gasteiger partial charge in [-0.15, -0.1) is 0 Å². The van der Waals surface area contributed by atoms with Gasteiger partial charge in [0.05, 0.1) is 6.10 Å². The highest BCUT2D eigenvalue weighted by Gasteiger charge is 2.22. The summed E-state index contributed by atoms with van der Waals surface area (Å²) in [7, 11) is 0. The molecule has 0 bridgehead atoms. The maximum Gasteiger partial charge on any atom is 0.0571 e. The molecule has 1 aliphatic carbocycles. The van der Waals surface area contributed by atoms with Crippen LogP contribution in [-0.4, -0.2) is 16.2 Å². The van der Waals surface area contributed by atoms with Gasteiger partial charge in [0.1, 0.15) is 0 Å². The summed E-state index contributed by atoms with van der Waals surface area (Å²) < 4.78 is 0. The van der Waals surface area contributed by atoms with E-state index in [0.717, 1.165) is 12.8 Å². The van der Waals surface area contributed by atoms with Gasteiger partial charge >= 0.3 is 0 Å². The quantitative estimate of drug-likeness (QED) is 0.844. The lowest BCUT2D eigenvalue weighted by molar-refractivity contribution is 0.102. The van der Waals surface area contributed by atoms with E-state index in [0.29, 0.717) is 5.92 Å². The van der Waals surface area contributed by atoms with E-state index in [1.54, 1.807) is 0 Å². The van der Waals surface area contributed by atoms with Crippen LogP contribution in [0.3, 0.4) is 0 Å². The summed E-state index contributed by atoms with van der Waals surface area (Å²) in [5.74, 6) is 0.553. The molecule has 1 fully saturated rings. The van der Waals surface area contributed by atoms with Crippen molar-refractivity contribution in [3.05, 3.63) is 29.6 Å². The molecule has 2 rings (SSSR count). The SMILES string of the molecule is Cc1cncc(CCC(O)C2CCCC2)c1. The maximum atomic E-state index is 10.1. The van der Waals surface area contributed by atoms with Crippen molar-refractivity contribution in [1.29, 1.82) is 0 Å². The molecule has 1 aromatic rings. The van der Waals surface area contributed by atoms with Gasteiger partial charge in [-0.3, -0.25) is 4.98 Å². The zero-order valence-electron chi connectivity index (χ0n) is 10.0. The van der Waals surface area contributed by atoms with Crippen LogP contribution in [0.2, 0.25) is 0 Å². The number of nitrogens with zero attached hydrogens (tertiary/aromatic N) is 1. The molecule has 2 heteroatoms. The van der Waals surface area contributed by atoms with Crippen LogP contribution in [-0.2, 0) is 6.42 Å². The van der Waals surface area contributed by atoms with Crippen LogP contribution in [0, 0.1) is 12.8 Å². The number of aryl methyl sites for hydroxylation is 2. The Hall–Kier alpha value is -0.890. The van der Waals surface area contributed by atoms with Gasteiger partial charge in [0.2, 0.25) is 0 Å². The zero-order chi connectivity index (χ0) is 11.4. The van der Waals surface area contributed by atoms with E-state index in [2.05, 4.69) is 18.0 Å². The second-order valence-electron chi connectivity index (χ2n) is 5.02. The first kappa shape index (κ1) is 11.6. The molecular formula is C14H21NO. The second kappa shape index (κ2) is 5.44. The third-order valence-electron chi connectivity index (χ3n) is 3.60. The molecule has 1 heterocycles. The second-order valence-corrected chi connectivity index (χ2v) is 5.02. The molecule has 1 atom stereocenters. The maximum absolute atomic E-state index is 10.1. The van der Waals surface area contributed by atoms with Crippen LogP contribution < -0.4 is 0 Å². The number of hydrogen-bond acceptors (Lipinski definition) is 2. The smallest absolute Gasteiger partial charge is 0.0571 e. The molecule has 1 N–H and O–H groups in total. The lowest BCUT2D eigenvalue weighted by Crippen LogP contribution is -2.18. The van der Waals surface area contributed by atoms with E-state index in [-0.39, 0.29) is 6.10 Å². The summed E-state index contributed by atoms with van der Waals surface area (Å²) in [5, 5.41) is 10.1. The van der Waals surface area contributed by atoms with E-state index in [4.69, 9.17) is 0 Å². The molecule has 2 nitrogen and oxygen atoms in total. The summed E-state index contributed by atoms with van der Waals surface area (Å²) in [6.45, 7) is 2.06. The van der Waals surface area contributed by atoms with Gasteiger partial charge in [0.15, 0.2) is 0 Å². The minimum absolute atomic E-state index is 0.108. The van der Waals surface area contributed by atoms with Crippen LogP contribution in [0.1, 0.15) is 43.2 Å². The fourth-order valence-corrected chi connectivity index (χ4v) is 2.65. The van der Waals surface area contributed by atoms with Crippen molar-refractivity contribution >= 4 is 0 Å². The normalized spacial score (nSPS) is 18.9. The monoisotopic (exact) mass is 219 g/mol. The van der Waals surface area contributed by atoms with Crippen molar-refractivity contribution in [3.63, 3.8) is 0 Å². The fraction of sp³-hybridized carbons (Fsp3) is 0.643. The van der Waals surface area contributed by atoms with Gasteiger partial charge in [-0.05, 0) is 49.7 Å². The molecule has 0 aliphatic heterocycles. The molecule has 88 valence electrons. The van der Waals surface area contributed by atoms with Gasteiger partial charge in [-0.1, -0.05) is 18.9 Å². The summed E-state index contributed by atoms with van der Waals surface area (Å²) in [6, 6.07) is 2.16. The number of pyridine rings is 1. The predicted molar refractivity (Wildman–Crippen MR) is 65.3 cm³/mol. The molecule has 1 aromatic heterocycles. The predicted octanol–water partition coefficient (Wildman–Crippen LogP) is 2.87. The third kappa shape index (κ3) is 3.05. The minimum atomic E-state index is -0.108. The van der Waals surface area contributed by atoms with Crippen molar-refractivity contribution < 1.29 is 5.11 Å². The highest BCUT2D eigenvalue weighted by atomic mass is 16.3. The Morgan fingerprint density at radius 2 is 2.12 bits per heavy atom. The number of aliphatic hydroxyl groups excluding tert-OH is 1. The topological polar surface area (TPSA) is 33.1 Å². The van der Waals surface area contributed by atoms with E-state index in [9.17, 15) is 5.11 Å². The van der Waals surface area contributed by atoms with Crippen molar-refractivity contribution in [1.82, 2.24) is 4.98 Å². The van der Waals surface area contributed by atoms with Crippen molar-refractivity contribution in [2.75, 3.05) is 0 Å². The Kier molecular flexibility index (Phi) is 3.94. The first-order chi connectivity index (χ1) is 7.75. The van der Waals surface area contributed by atoms with Gasteiger partial charge in [-0.25, -0.2) is 0 Å². The average molecular weight is 219 g/mol. The Bertz CT molecular complexity index is 331. The van der Waals surface area contributed by atoms with Crippen LogP contribution in [0.15, 0.2) is 18.5 Å². The molecular weight excluding hydrogens is 198 g/mol. The highest BCUT2D eigenvalue weighted by molar-refractivity contribution is 5.16. The lowest BCUT2D eigenvalue weighted by atomic mass is 9.95. The lowest BCUT2D eigenvalue weighted by Gasteiger charge is -2.17. The molecule has 0 spiro atoms. The third-order valence-corrected chi connectivity index (χ3v) is 3.60. The van der Waals surface area contributed by atoms with Crippen LogP contribution in [0.5, 0.6) is 0 Å². The number of aromatic nitrogens is 1. The van der Waals surface area contributed by atoms with Gasteiger partial charge in [-0.2, -0.15) is 0 Å². The molecule has 1 saturated carbocycles. The Balaban J connectivity index is 1.82. The van der Waals surface area contributed by atoms with E-state index in [1.165, 1.54) is 36.8 Å². The average Bonchev–Trinajstić information content (AvgIpc) is 2.79. The van der Waals surface area contributed by atoms with Crippen LogP contribution in [0.25, 0.3) is 0 Å². The van der Waals surface area contributed by atoms with E-state index in [1.807, 2.05) is 12.4 Å². The molecule has 0 saturated heterocycles. The van der Waals surface area contributed by atoms with E-state index < -0.39 is 0 Å². The number of aliphatic hydroxyl groups is 1. The largest absolute Gasteiger partial charge is 0.393 e. The summed E-state index contributed by atoms with van der Waals surface area (Å²) in [4.78, 5) is 4.18. The first-order valence-electron chi connectivity index (χ1n) is 6.34. The Morgan fingerprint density at radius 1 is 1.38 bits per heavy atom. The molecule has 0 amide bonds. The van der Waals surface area contributed by atoms with Crippen molar-refractivity contribution in [3.8, 4) is 0 Å². The van der Waals surface area contributed by atoms with Gasteiger partial charge in [0, 0.05) is 12.4 Å². The van der Waals surface area contributed by atoms with Crippen LogP contribution >= 0.6 is 0 Å². The minimum Gasteiger partial charge on any atom is -0.393 e. The number of hydrogen-bond donors (Lipinski definition) is 1. The van der Waals surface area contributed by atoms with Gasteiger partial charge < -0.3 is 5.11 Å². The molecule has 0 radical (unpaired) electrons. The highest BCUT2D eigenvalue weighted by Crippen LogP contribution is 2.29. The van der Waals surface area contributed by atoms with Crippen molar-refractivity contribution in [2.24, 2.45) is 5.92 Å². The Morgan fingerprint density at radius 3 is 2.81 bits per heavy atom. The molecule has 1 unspecified atom stereocenters. The van der Waals surface area contributed by atoms with Gasteiger partial charge in [0.25, 0.3) is 0 Å². The summed E-state index contributed by atoms with van der Waals surface area (Å²) >= 11 is 0. The fourth-order valence-electron chi connectivity index (χ4n) is 2.65. The molecule has 1 aliphatic rings. The molecule has 16 heavy (non-hydrogen) atoms. The Labute approximate surface area is 97.7 Å². The van der Waals surface area contributed by atoms with Crippen molar-refractivity contribution in [2.45, 2.75) is 51.6 Å². The van der Waals surface area contributed by atoms with E-state index >= 15 is 0 Å². The van der Waals surface area contributed by atoms with Crippen LogP contribution in [0.4, 0.5) is 0 Å². The zero-order valence-corrected chi connectivity index (χ0v) is 10.0. The molecule has 0 aromatic carbocycles.